The van der Waals surface area contributed by atoms with E-state index in [-0.39, 0.29) is 17.6 Å². The number of anilines is 1. The van der Waals surface area contributed by atoms with Gasteiger partial charge in [-0.25, -0.2) is 9.59 Å². The van der Waals surface area contributed by atoms with Gasteiger partial charge in [0.2, 0.25) is 12.7 Å². The molecular formula is C24H28N2O8. The molecule has 1 aromatic carbocycles. The first-order valence-corrected chi connectivity index (χ1v) is 11.1. The third-order valence-electron chi connectivity index (χ3n) is 6.20. The molecule has 0 unspecified atom stereocenters. The fourth-order valence-corrected chi connectivity index (χ4v) is 4.41. The first-order valence-electron chi connectivity index (χ1n) is 11.1. The van der Waals surface area contributed by atoms with Crippen molar-refractivity contribution >= 4 is 35.2 Å². The molecular weight excluding hydrogens is 444 g/mol. The van der Waals surface area contributed by atoms with E-state index in [2.05, 4.69) is 0 Å². The van der Waals surface area contributed by atoms with E-state index in [0.29, 0.717) is 36.4 Å². The predicted molar refractivity (Wildman–Crippen MR) is 119 cm³/mol. The van der Waals surface area contributed by atoms with Crippen LogP contribution >= 0.6 is 0 Å². The van der Waals surface area contributed by atoms with Crippen LogP contribution in [-0.4, -0.2) is 66.0 Å². The molecule has 4 rings (SSSR count). The molecule has 2 saturated heterocycles. The van der Waals surface area contributed by atoms with Crippen LogP contribution in [0.3, 0.4) is 0 Å². The van der Waals surface area contributed by atoms with E-state index in [1.165, 1.54) is 9.80 Å². The van der Waals surface area contributed by atoms with E-state index in [4.69, 9.17) is 14.2 Å². The van der Waals surface area contributed by atoms with Gasteiger partial charge in [-0.3, -0.25) is 14.5 Å². The SMILES string of the molecule is C[C@@H](O)[C@H]1C(=O)N2C(C(=O)OCOC(=O)C(C)(C)C)=C(c3ccc(N4CCOC4=O)cc3)C[C@H]12. The number of benzene rings is 1. The number of aliphatic hydroxyl groups excluding tert-OH is 1. The van der Waals surface area contributed by atoms with Crippen molar-refractivity contribution in [3.63, 3.8) is 0 Å². The topological polar surface area (TPSA) is 123 Å². The van der Waals surface area contributed by atoms with Crippen molar-refractivity contribution in [3.05, 3.63) is 35.5 Å². The maximum atomic E-state index is 13.0. The van der Waals surface area contributed by atoms with Crippen molar-refractivity contribution in [1.82, 2.24) is 4.90 Å². The standard InChI is InChI=1S/C24H28N2O8/c1-13(27)18-17-11-16(14-5-7-15(8-6-14)25-9-10-32-23(25)31)19(26(17)20(18)28)21(29)33-12-34-22(30)24(2,3)4/h5-8,13,17-18,27H,9-12H2,1-4H3/t13-,17-,18-/m1/s1. The highest BCUT2D eigenvalue weighted by molar-refractivity contribution is 6.07. The first kappa shape index (κ1) is 23.7. The first-order chi connectivity index (χ1) is 16.0. The summed E-state index contributed by atoms with van der Waals surface area (Å²) in [6.45, 7) is 6.78. The summed E-state index contributed by atoms with van der Waals surface area (Å²) in [5, 5.41) is 10.0. The van der Waals surface area contributed by atoms with Crippen LogP contribution < -0.4 is 4.90 Å². The van der Waals surface area contributed by atoms with Crippen LogP contribution in [0.25, 0.3) is 5.57 Å². The van der Waals surface area contributed by atoms with Crippen molar-refractivity contribution < 1.29 is 38.5 Å². The lowest BCUT2D eigenvalue weighted by molar-refractivity contribution is -0.175. The Morgan fingerprint density at radius 3 is 2.41 bits per heavy atom. The molecule has 2 amide bonds. The number of aliphatic hydroxyl groups is 1. The van der Waals surface area contributed by atoms with E-state index >= 15 is 0 Å². The fourth-order valence-electron chi connectivity index (χ4n) is 4.41. The monoisotopic (exact) mass is 472 g/mol. The molecule has 3 heterocycles. The largest absolute Gasteiger partial charge is 0.447 e. The van der Waals surface area contributed by atoms with E-state index in [9.17, 15) is 24.3 Å². The van der Waals surface area contributed by atoms with Crippen LogP contribution in [-0.2, 0) is 28.6 Å². The number of esters is 2. The highest BCUT2D eigenvalue weighted by Gasteiger charge is 2.57. The minimum atomic E-state index is -0.860. The number of amides is 2. The summed E-state index contributed by atoms with van der Waals surface area (Å²) in [6, 6.07) is 6.64. The zero-order chi connectivity index (χ0) is 24.8. The molecule has 0 saturated carbocycles. The molecule has 34 heavy (non-hydrogen) atoms. The summed E-state index contributed by atoms with van der Waals surface area (Å²) < 4.78 is 15.2. The zero-order valence-electron chi connectivity index (χ0n) is 19.6. The van der Waals surface area contributed by atoms with Gasteiger partial charge in [0.05, 0.1) is 30.0 Å². The lowest BCUT2D eigenvalue weighted by Gasteiger charge is -2.44. The van der Waals surface area contributed by atoms with Crippen molar-refractivity contribution in [1.29, 1.82) is 0 Å². The Morgan fingerprint density at radius 2 is 1.85 bits per heavy atom. The molecule has 10 heteroatoms. The summed E-state index contributed by atoms with van der Waals surface area (Å²) in [7, 11) is 0. The number of rotatable bonds is 6. The summed E-state index contributed by atoms with van der Waals surface area (Å²) in [6.07, 6.45) is -0.920. The maximum Gasteiger partial charge on any atom is 0.414 e. The van der Waals surface area contributed by atoms with Gasteiger partial charge in [-0.1, -0.05) is 12.1 Å². The molecule has 0 aliphatic carbocycles. The second-order valence-electron chi connectivity index (χ2n) is 9.62. The molecule has 0 spiro atoms. The van der Waals surface area contributed by atoms with Gasteiger partial charge in [0.1, 0.15) is 12.3 Å². The van der Waals surface area contributed by atoms with Gasteiger partial charge >= 0.3 is 18.0 Å². The molecule has 3 aliphatic rings. The van der Waals surface area contributed by atoms with E-state index in [1.807, 2.05) is 0 Å². The minimum absolute atomic E-state index is 0.0760. The Morgan fingerprint density at radius 1 is 1.18 bits per heavy atom. The molecule has 1 N–H and O–H groups in total. The van der Waals surface area contributed by atoms with Gasteiger partial charge in [-0.15, -0.1) is 0 Å². The second-order valence-corrected chi connectivity index (χ2v) is 9.62. The molecule has 3 aliphatic heterocycles. The highest BCUT2D eigenvalue weighted by Crippen LogP contribution is 2.47. The lowest BCUT2D eigenvalue weighted by atomic mass is 9.82. The van der Waals surface area contributed by atoms with Crippen molar-refractivity contribution in [3.8, 4) is 0 Å². The zero-order valence-corrected chi connectivity index (χ0v) is 19.6. The van der Waals surface area contributed by atoms with Crippen LogP contribution in [0, 0.1) is 11.3 Å². The van der Waals surface area contributed by atoms with E-state index in [1.54, 1.807) is 52.0 Å². The number of hydrogen-bond acceptors (Lipinski definition) is 8. The van der Waals surface area contributed by atoms with Crippen LogP contribution in [0.2, 0.25) is 0 Å². The lowest BCUT2D eigenvalue weighted by Crippen LogP contribution is -2.61. The Kier molecular flexibility index (Phi) is 6.11. The van der Waals surface area contributed by atoms with Gasteiger partial charge in [-0.2, -0.15) is 0 Å². The quantitative estimate of drug-likeness (QED) is 0.379. The molecule has 3 atom stereocenters. The van der Waals surface area contributed by atoms with Gasteiger partial charge in [0, 0.05) is 5.69 Å². The average molecular weight is 472 g/mol. The van der Waals surface area contributed by atoms with Gasteiger partial charge in [-0.05, 0) is 57.4 Å². The molecule has 2 fully saturated rings. The van der Waals surface area contributed by atoms with Crippen molar-refractivity contribution in [2.45, 2.75) is 46.3 Å². The summed E-state index contributed by atoms with van der Waals surface area (Å²) in [5.74, 6) is -2.28. The fraction of sp³-hybridized carbons (Fsp3) is 0.500. The maximum absolute atomic E-state index is 13.0. The van der Waals surface area contributed by atoms with Gasteiger partial charge < -0.3 is 24.2 Å². The molecule has 0 bridgehead atoms. The highest BCUT2D eigenvalue weighted by atomic mass is 16.7. The van der Waals surface area contributed by atoms with Crippen LogP contribution in [0.4, 0.5) is 10.5 Å². The van der Waals surface area contributed by atoms with E-state index < -0.39 is 42.3 Å². The van der Waals surface area contributed by atoms with E-state index in [0.717, 1.165) is 0 Å². The normalized spacial score (nSPS) is 22.9. The van der Waals surface area contributed by atoms with Gasteiger partial charge in [0.25, 0.3) is 0 Å². The number of β-lactam (4-membered cyclic amide) rings is 1. The Hall–Kier alpha value is -3.40. The number of fused-ring (bicyclic) bond motifs is 1. The number of ether oxygens (including phenoxy) is 3. The smallest absolute Gasteiger partial charge is 0.414 e. The molecule has 1 aromatic rings. The minimum Gasteiger partial charge on any atom is -0.447 e. The summed E-state index contributed by atoms with van der Waals surface area (Å²) >= 11 is 0. The number of hydrogen-bond donors (Lipinski definition) is 1. The number of carbonyl (C=O) groups excluding carboxylic acids is 4. The van der Waals surface area contributed by atoms with Crippen LogP contribution in [0.1, 0.15) is 39.7 Å². The molecule has 10 nitrogen and oxygen atoms in total. The van der Waals surface area contributed by atoms with Crippen LogP contribution in [0.15, 0.2) is 30.0 Å². The summed E-state index contributed by atoms with van der Waals surface area (Å²) in [5.41, 5.74) is 1.25. The third kappa shape index (κ3) is 4.13. The Bertz CT molecular complexity index is 1050. The molecule has 0 radical (unpaired) electrons. The summed E-state index contributed by atoms with van der Waals surface area (Å²) in [4.78, 5) is 52.4. The van der Waals surface area contributed by atoms with Crippen LogP contribution in [0.5, 0.6) is 0 Å². The third-order valence-corrected chi connectivity index (χ3v) is 6.20. The second kappa shape index (κ2) is 8.75. The average Bonchev–Trinajstić information content (AvgIpc) is 3.34. The molecule has 0 aromatic heterocycles. The molecule has 182 valence electrons. The van der Waals surface area contributed by atoms with Gasteiger partial charge in [0.15, 0.2) is 0 Å². The number of carbonyl (C=O) groups is 4. The predicted octanol–water partition coefficient (Wildman–Crippen LogP) is 2.06. The number of nitrogens with zero attached hydrogens (tertiary/aromatic N) is 2. The Labute approximate surface area is 197 Å². The number of cyclic esters (lactones) is 1. The van der Waals surface area contributed by atoms with Crippen molar-refractivity contribution in [2.24, 2.45) is 11.3 Å². The Balaban J connectivity index is 1.58. The van der Waals surface area contributed by atoms with Crippen molar-refractivity contribution in [2.75, 3.05) is 24.8 Å².